The van der Waals surface area contributed by atoms with Gasteiger partial charge < -0.3 is 9.30 Å². The van der Waals surface area contributed by atoms with E-state index in [9.17, 15) is 9.18 Å². The second-order valence-electron chi connectivity index (χ2n) is 9.07. The number of halogens is 1. The summed E-state index contributed by atoms with van der Waals surface area (Å²) in [6, 6.07) is 14.5. The highest BCUT2D eigenvalue weighted by Crippen LogP contribution is 2.41. The van der Waals surface area contributed by atoms with E-state index in [-0.39, 0.29) is 12.4 Å². The third-order valence-corrected chi connectivity index (χ3v) is 6.60. The highest BCUT2D eigenvalue weighted by atomic mass is 19.1. The topological polar surface area (TPSA) is 98.8 Å². The smallest absolute Gasteiger partial charge is 0.439 e. The fourth-order valence-electron chi connectivity index (χ4n) is 4.91. The van der Waals surface area contributed by atoms with E-state index in [0.29, 0.717) is 29.3 Å². The minimum Gasteiger partial charge on any atom is -0.488 e. The van der Waals surface area contributed by atoms with Gasteiger partial charge in [0.25, 0.3) is 0 Å². The van der Waals surface area contributed by atoms with E-state index < -0.39 is 5.76 Å². The van der Waals surface area contributed by atoms with Gasteiger partial charge in [-0.2, -0.15) is 0 Å². The van der Waals surface area contributed by atoms with E-state index in [0.717, 1.165) is 52.1 Å². The molecular weight excluding hydrogens is 473 g/mol. The van der Waals surface area contributed by atoms with Crippen molar-refractivity contribution in [2.24, 2.45) is 0 Å². The van der Waals surface area contributed by atoms with Crippen LogP contribution in [0.25, 0.3) is 22.3 Å². The van der Waals surface area contributed by atoms with Crippen molar-refractivity contribution in [2.45, 2.75) is 39.8 Å². The van der Waals surface area contributed by atoms with Crippen LogP contribution in [0, 0.1) is 5.82 Å². The third-order valence-electron chi connectivity index (χ3n) is 6.60. The Kier molecular flexibility index (Phi) is 5.67. The number of nitrogens with one attached hydrogen (secondary N) is 1. The minimum absolute atomic E-state index is 0.260. The molecule has 9 heteroatoms. The van der Waals surface area contributed by atoms with Crippen LogP contribution >= 0.6 is 0 Å². The minimum atomic E-state index is -0.640. The van der Waals surface area contributed by atoms with Crippen molar-refractivity contribution < 1.29 is 13.7 Å². The lowest BCUT2D eigenvalue weighted by atomic mass is 9.89. The summed E-state index contributed by atoms with van der Waals surface area (Å²) in [5.74, 6) is 0.705. The molecule has 4 heterocycles. The van der Waals surface area contributed by atoms with Crippen LogP contribution in [0.1, 0.15) is 54.2 Å². The molecule has 6 rings (SSSR count). The molecule has 2 aromatic carbocycles. The van der Waals surface area contributed by atoms with Crippen LogP contribution in [0.3, 0.4) is 0 Å². The second kappa shape index (κ2) is 9.16. The number of aromatic nitrogens is 5. The maximum atomic E-state index is 14.1. The van der Waals surface area contributed by atoms with Crippen molar-refractivity contribution in [3.8, 4) is 5.75 Å². The number of allylic oxidation sites excluding steroid dienone is 1. The standard InChI is InChI=1S/C28H24FN5O3/c1-3-5-24-31-22-6-4-11-30-27(22)34(24)14-17-7-9-20-18(12-17)15-36-23-13-19(29)8-10-21(23)25(20)16(2)26-32-28(35)37-33-26/h4,6-13H,3,5,14-15H2,1-2H3,(H,32,33,35)/b25-16+. The molecule has 0 saturated heterocycles. The predicted molar refractivity (Wildman–Crippen MR) is 137 cm³/mol. The Labute approximate surface area is 211 Å². The molecule has 0 saturated carbocycles. The van der Waals surface area contributed by atoms with Crippen LogP contribution in [0.5, 0.6) is 5.75 Å². The normalized spacial score (nSPS) is 14.1. The summed E-state index contributed by atoms with van der Waals surface area (Å²) in [7, 11) is 0. The van der Waals surface area contributed by atoms with Gasteiger partial charge in [0.15, 0.2) is 11.5 Å². The number of ether oxygens (including phenoxy) is 1. The van der Waals surface area contributed by atoms with Crippen molar-refractivity contribution in [1.82, 2.24) is 24.7 Å². The number of aromatic amines is 1. The average Bonchev–Trinajstić information content (AvgIpc) is 3.44. The monoisotopic (exact) mass is 497 g/mol. The van der Waals surface area contributed by atoms with E-state index in [4.69, 9.17) is 14.2 Å². The number of hydrogen-bond donors (Lipinski definition) is 1. The zero-order valence-electron chi connectivity index (χ0n) is 20.4. The molecule has 37 heavy (non-hydrogen) atoms. The Bertz CT molecular complexity index is 1730. The zero-order chi connectivity index (χ0) is 25.5. The first kappa shape index (κ1) is 22.9. The first-order valence-electron chi connectivity index (χ1n) is 12.1. The van der Waals surface area contributed by atoms with Gasteiger partial charge in [-0.15, -0.1) is 0 Å². The Morgan fingerprint density at radius 2 is 2.03 bits per heavy atom. The molecule has 8 nitrogen and oxygen atoms in total. The first-order chi connectivity index (χ1) is 18.0. The molecule has 0 amide bonds. The Morgan fingerprint density at radius 1 is 1.16 bits per heavy atom. The van der Waals surface area contributed by atoms with Gasteiger partial charge in [-0.3, -0.25) is 9.51 Å². The Morgan fingerprint density at radius 3 is 2.84 bits per heavy atom. The van der Waals surface area contributed by atoms with Crippen LogP contribution in [-0.2, 0) is 19.6 Å². The average molecular weight is 498 g/mol. The number of pyridine rings is 1. The van der Waals surface area contributed by atoms with Gasteiger partial charge in [-0.05, 0) is 65.9 Å². The molecule has 0 bridgehead atoms. The van der Waals surface area contributed by atoms with Gasteiger partial charge in [-0.1, -0.05) is 24.2 Å². The maximum Gasteiger partial charge on any atom is 0.439 e. The van der Waals surface area contributed by atoms with Gasteiger partial charge >= 0.3 is 5.76 Å². The molecule has 5 aromatic rings. The molecule has 1 aliphatic heterocycles. The van der Waals surface area contributed by atoms with Crippen LogP contribution in [0.15, 0.2) is 64.0 Å². The molecule has 0 fully saturated rings. The summed E-state index contributed by atoms with van der Waals surface area (Å²) in [6.07, 6.45) is 3.62. The molecule has 0 unspecified atom stereocenters. The van der Waals surface area contributed by atoms with E-state index in [2.05, 4.69) is 38.7 Å². The highest BCUT2D eigenvalue weighted by Gasteiger charge is 2.24. The summed E-state index contributed by atoms with van der Waals surface area (Å²) in [5, 5.41) is 3.88. The van der Waals surface area contributed by atoms with Gasteiger partial charge in [-0.25, -0.2) is 19.2 Å². The molecule has 186 valence electrons. The molecule has 1 aliphatic rings. The lowest BCUT2D eigenvalue weighted by Gasteiger charge is -2.15. The van der Waals surface area contributed by atoms with Crippen molar-refractivity contribution in [3.63, 3.8) is 0 Å². The van der Waals surface area contributed by atoms with Gasteiger partial charge in [0, 0.05) is 29.8 Å². The molecule has 0 atom stereocenters. The van der Waals surface area contributed by atoms with Crippen LogP contribution < -0.4 is 10.5 Å². The van der Waals surface area contributed by atoms with Gasteiger partial charge in [0.2, 0.25) is 0 Å². The fourth-order valence-corrected chi connectivity index (χ4v) is 4.91. The molecular formula is C28H24FN5O3. The summed E-state index contributed by atoms with van der Waals surface area (Å²) in [6.45, 7) is 4.85. The van der Waals surface area contributed by atoms with Crippen LogP contribution in [0.4, 0.5) is 4.39 Å². The van der Waals surface area contributed by atoms with E-state index in [1.807, 2.05) is 25.1 Å². The summed E-state index contributed by atoms with van der Waals surface area (Å²) < 4.78 is 27.1. The number of aryl methyl sites for hydroxylation is 1. The molecule has 0 aliphatic carbocycles. The summed E-state index contributed by atoms with van der Waals surface area (Å²) in [5.41, 5.74) is 6.84. The number of imidazole rings is 1. The Balaban J connectivity index is 1.48. The van der Waals surface area contributed by atoms with Crippen LogP contribution in [-0.4, -0.2) is 24.7 Å². The number of rotatable bonds is 5. The largest absolute Gasteiger partial charge is 0.488 e. The quantitative estimate of drug-likeness (QED) is 0.362. The zero-order valence-corrected chi connectivity index (χ0v) is 20.4. The Hall–Kier alpha value is -4.53. The van der Waals surface area contributed by atoms with Crippen molar-refractivity contribution in [1.29, 1.82) is 0 Å². The third kappa shape index (κ3) is 4.12. The molecule has 0 spiro atoms. The van der Waals surface area contributed by atoms with E-state index >= 15 is 0 Å². The number of H-pyrrole nitrogens is 1. The van der Waals surface area contributed by atoms with Crippen molar-refractivity contribution >= 4 is 22.3 Å². The second-order valence-corrected chi connectivity index (χ2v) is 9.07. The highest BCUT2D eigenvalue weighted by molar-refractivity contribution is 5.99. The van der Waals surface area contributed by atoms with E-state index in [1.165, 1.54) is 12.1 Å². The van der Waals surface area contributed by atoms with Crippen molar-refractivity contribution in [3.05, 3.63) is 105 Å². The number of hydrogen-bond acceptors (Lipinski definition) is 6. The fraction of sp³-hybridized carbons (Fsp3) is 0.214. The van der Waals surface area contributed by atoms with E-state index in [1.54, 1.807) is 12.3 Å². The SMILES string of the molecule is CCCc1nc2cccnc2n1Cc1ccc2c(c1)COc1cc(F)ccc1/C2=C(\C)c1noc(=O)[nH]1. The first-order valence-corrected chi connectivity index (χ1v) is 12.1. The predicted octanol–water partition coefficient (Wildman–Crippen LogP) is 5.12. The molecule has 3 aromatic heterocycles. The number of benzene rings is 2. The van der Waals surface area contributed by atoms with Gasteiger partial charge in [0.1, 0.15) is 29.5 Å². The number of nitrogens with zero attached hydrogens (tertiary/aromatic N) is 4. The van der Waals surface area contributed by atoms with Crippen LogP contribution in [0.2, 0.25) is 0 Å². The van der Waals surface area contributed by atoms with Crippen molar-refractivity contribution in [2.75, 3.05) is 0 Å². The van der Waals surface area contributed by atoms with Gasteiger partial charge in [0.05, 0.1) is 6.54 Å². The summed E-state index contributed by atoms with van der Waals surface area (Å²) in [4.78, 5) is 23.6. The maximum absolute atomic E-state index is 14.1. The molecule has 0 radical (unpaired) electrons. The lowest BCUT2D eigenvalue weighted by molar-refractivity contribution is 0.305. The lowest BCUT2D eigenvalue weighted by Crippen LogP contribution is -2.07. The summed E-state index contributed by atoms with van der Waals surface area (Å²) >= 11 is 0. The number of fused-ring (bicyclic) bond motifs is 3. The molecule has 1 N–H and O–H groups in total.